The molecule has 2 fully saturated rings. The van der Waals surface area contributed by atoms with Gasteiger partial charge in [-0.2, -0.15) is 0 Å². The predicted octanol–water partition coefficient (Wildman–Crippen LogP) is 9.87. The van der Waals surface area contributed by atoms with Crippen molar-refractivity contribution in [1.29, 1.82) is 0 Å². The Morgan fingerprint density at radius 2 is 0.867 bits per heavy atom. The first-order chi connectivity index (χ1) is 14.8. The lowest BCUT2D eigenvalue weighted by Crippen LogP contribution is -2.26. The van der Waals surface area contributed by atoms with Gasteiger partial charge in [0.25, 0.3) is 0 Å². The van der Waals surface area contributed by atoms with Crippen LogP contribution in [-0.4, -0.2) is 12.7 Å². The third-order valence-electron chi connectivity index (χ3n) is 8.26. The van der Waals surface area contributed by atoms with Crippen LogP contribution < -0.4 is 0 Å². The molecule has 0 bridgehead atoms. The monoisotopic (exact) mass is 420 g/mol. The van der Waals surface area contributed by atoms with Crippen molar-refractivity contribution in [2.75, 3.05) is 6.61 Å². The Balaban J connectivity index is 1.41. The van der Waals surface area contributed by atoms with Crippen molar-refractivity contribution in [1.82, 2.24) is 0 Å². The maximum atomic E-state index is 6.41. The Kier molecular flexibility index (Phi) is 15.3. The molecule has 2 aliphatic carbocycles. The van der Waals surface area contributed by atoms with E-state index in [-0.39, 0.29) is 0 Å². The first-order valence-corrected chi connectivity index (χ1v) is 14.4. The Hall–Kier alpha value is -0.0400. The van der Waals surface area contributed by atoms with Crippen molar-refractivity contribution in [3.05, 3.63) is 0 Å². The summed E-state index contributed by atoms with van der Waals surface area (Å²) in [6.45, 7) is 5.68. The zero-order valence-corrected chi connectivity index (χ0v) is 21.0. The van der Waals surface area contributed by atoms with Crippen molar-refractivity contribution in [3.63, 3.8) is 0 Å². The van der Waals surface area contributed by atoms with E-state index in [0.29, 0.717) is 6.10 Å². The number of hydrogen-bond donors (Lipinski definition) is 0. The van der Waals surface area contributed by atoms with Crippen LogP contribution in [0.5, 0.6) is 0 Å². The third-order valence-corrected chi connectivity index (χ3v) is 8.26. The van der Waals surface area contributed by atoms with Crippen molar-refractivity contribution in [2.24, 2.45) is 17.8 Å². The van der Waals surface area contributed by atoms with Crippen LogP contribution >= 0.6 is 0 Å². The highest BCUT2D eigenvalue weighted by Gasteiger charge is 2.25. The minimum atomic E-state index is 0.589. The maximum absolute atomic E-state index is 6.41. The fourth-order valence-electron chi connectivity index (χ4n) is 5.97. The summed E-state index contributed by atoms with van der Waals surface area (Å²) < 4.78 is 6.41. The summed E-state index contributed by atoms with van der Waals surface area (Å²) in [6.07, 6.45) is 32.3. The highest BCUT2D eigenvalue weighted by atomic mass is 16.5. The van der Waals surface area contributed by atoms with Crippen molar-refractivity contribution in [2.45, 2.75) is 161 Å². The van der Waals surface area contributed by atoms with Gasteiger partial charge in [-0.1, -0.05) is 117 Å². The SMILES string of the molecule is CCCCCCCCC[C@H]1CC[C@H](OC[C@H]2CC[C@H](CCCCCCC)CC2)CC1. The fourth-order valence-corrected chi connectivity index (χ4v) is 5.97. The Morgan fingerprint density at radius 3 is 1.37 bits per heavy atom. The van der Waals surface area contributed by atoms with Crippen LogP contribution in [0.2, 0.25) is 0 Å². The third kappa shape index (κ3) is 12.1. The Morgan fingerprint density at radius 1 is 0.467 bits per heavy atom. The highest BCUT2D eigenvalue weighted by molar-refractivity contribution is 4.76. The van der Waals surface area contributed by atoms with Gasteiger partial charge in [0.05, 0.1) is 6.10 Å². The van der Waals surface area contributed by atoms with Crippen LogP contribution in [0.25, 0.3) is 0 Å². The van der Waals surface area contributed by atoms with E-state index in [9.17, 15) is 0 Å². The van der Waals surface area contributed by atoms with Gasteiger partial charge in [0.15, 0.2) is 0 Å². The van der Waals surface area contributed by atoms with E-state index in [2.05, 4.69) is 13.8 Å². The summed E-state index contributed by atoms with van der Waals surface area (Å²) in [4.78, 5) is 0. The number of hydrogen-bond acceptors (Lipinski definition) is 1. The minimum Gasteiger partial charge on any atom is -0.378 e. The molecule has 30 heavy (non-hydrogen) atoms. The van der Waals surface area contributed by atoms with Crippen LogP contribution in [0.1, 0.15) is 155 Å². The zero-order chi connectivity index (χ0) is 21.3. The standard InChI is InChI=1S/C29H56O/c1-3-5-7-9-10-12-14-16-27-21-23-29(24-22-27)30-25-28-19-17-26(18-20-28)15-13-11-8-6-4-2/h26-29H,3-25H2,1-2H3/t26-,27-,28-,29-. The van der Waals surface area contributed by atoms with E-state index in [1.807, 2.05) is 0 Å². The molecule has 0 aromatic rings. The van der Waals surface area contributed by atoms with Crippen LogP contribution in [-0.2, 0) is 4.74 Å². The molecule has 178 valence electrons. The Labute approximate surface area is 190 Å². The lowest BCUT2D eigenvalue weighted by atomic mass is 9.80. The van der Waals surface area contributed by atoms with Crippen LogP contribution in [0.3, 0.4) is 0 Å². The first kappa shape index (κ1) is 26.2. The van der Waals surface area contributed by atoms with Gasteiger partial charge < -0.3 is 4.74 Å². The summed E-state index contributed by atoms with van der Waals surface area (Å²) in [5, 5.41) is 0. The number of unbranched alkanes of at least 4 members (excludes halogenated alkanes) is 10. The lowest BCUT2D eigenvalue weighted by Gasteiger charge is -2.32. The van der Waals surface area contributed by atoms with Gasteiger partial charge in [0, 0.05) is 6.61 Å². The van der Waals surface area contributed by atoms with Crippen molar-refractivity contribution in [3.8, 4) is 0 Å². The molecule has 0 amide bonds. The van der Waals surface area contributed by atoms with Gasteiger partial charge >= 0.3 is 0 Å². The van der Waals surface area contributed by atoms with E-state index < -0.39 is 0 Å². The van der Waals surface area contributed by atoms with Gasteiger partial charge in [-0.3, -0.25) is 0 Å². The molecular formula is C29H56O. The normalized spacial score (nSPS) is 27.4. The smallest absolute Gasteiger partial charge is 0.0575 e. The quantitative estimate of drug-likeness (QED) is 0.213. The van der Waals surface area contributed by atoms with Crippen molar-refractivity contribution < 1.29 is 4.74 Å². The largest absolute Gasteiger partial charge is 0.378 e. The molecule has 0 aliphatic heterocycles. The van der Waals surface area contributed by atoms with E-state index in [1.165, 1.54) is 141 Å². The average Bonchev–Trinajstić information content (AvgIpc) is 2.78. The number of ether oxygens (including phenoxy) is 1. The van der Waals surface area contributed by atoms with E-state index in [0.717, 1.165) is 24.4 Å². The molecule has 0 aromatic carbocycles. The first-order valence-electron chi connectivity index (χ1n) is 14.4. The van der Waals surface area contributed by atoms with Gasteiger partial charge in [-0.25, -0.2) is 0 Å². The summed E-state index contributed by atoms with van der Waals surface area (Å²) in [7, 11) is 0. The molecule has 1 heteroatoms. The van der Waals surface area contributed by atoms with Gasteiger partial charge in [0.1, 0.15) is 0 Å². The summed E-state index contributed by atoms with van der Waals surface area (Å²) in [5.74, 6) is 2.91. The highest BCUT2D eigenvalue weighted by Crippen LogP contribution is 2.34. The molecule has 0 atom stereocenters. The van der Waals surface area contributed by atoms with Crippen molar-refractivity contribution >= 4 is 0 Å². The Bertz CT molecular complexity index is 363. The fraction of sp³-hybridized carbons (Fsp3) is 1.00. The molecule has 0 saturated heterocycles. The molecule has 0 heterocycles. The summed E-state index contributed by atoms with van der Waals surface area (Å²) >= 11 is 0. The van der Waals surface area contributed by atoms with E-state index >= 15 is 0 Å². The van der Waals surface area contributed by atoms with Crippen LogP contribution in [0.15, 0.2) is 0 Å². The molecule has 2 aliphatic rings. The molecular weight excluding hydrogens is 364 g/mol. The molecule has 2 saturated carbocycles. The second-order valence-electron chi connectivity index (χ2n) is 11.0. The molecule has 0 aromatic heterocycles. The topological polar surface area (TPSA) is 9.23 Å². The van der Waals surface area contributed by atoms with E-state index in [1.54, 1.807) is 0 Å². The average molecular weight is 421 g/mol. The summed E-state index contributed by atoms with van der Waals surface area (Å²) in [5.41, 5.74) is 0. The second-order valence-corrected chi connectivity index (χ2v) is 11.0. The lowest BCUT2D eigenvalue weighted by molar-refractivity contribution is -0.0104. The zero-order valence-electron chi connectivity index (χ0n) is 21.0. The molecule has 0 radical (unpaired) electrons. The van der Waals surface area contributed by atoms with Gasteiger partial charge in [-0.15, -0.1) is 0 Å². The molecule has 2 rings (SSSR count). The second kappa shape index (κ2) is 17.5. The predicted molar refractivity (Wildman–Crippen MR) is 133 cm³/mol. The summed E-state index contributed by atoms with van der Waals surface area (Å²) in [6, 6.07) is 0. The molecule has 0 N–H and O–H groups in total. The van der Waals surface area contributed by atoms with Gasteiger partial charge in [0.2, 0.25) is 0 Å². The van der Waals surface area contributed by atoms with Crippen LogP contribution in [0, 0.1) is 17.8 Å². The minimum absolute atomic E-state index is 0.589. The van der Waals surface area contributed by atoms with Crippen LogP contribution in [0.4, 0.5) is 0 Å². The molecule has 0 unspecified atom stereocenters. The molecule has 0 spiro atoms. The maximum Gasteiger partial charge on any atom is 0.0575 e. The van der Waals surface area contributed by atoms with E-state index in [4.69, 9.17) is 4.74 Å². The van der Waals surface area contributed by atoms with Gasteiger partial charge in [-0.05, 0) is 56.3 Å². The number of rotatable bonds is 17. The molecule has 1 nitrogen and oxygen atoms in total.